The van der Waals surface area contributed by atoms with E-state index in [1.54, 1.807) is 30.5 Å². The number of hydrogen-bond donors (Lipinski definition) is 0. The minimum Gasteiger partial charge on any atom is -0.293 e. The van der Waals surface area contributed by atoms with Crippen LogP contribution < -0.4 is 0 Å². The molecule has 2 aromatic rings. The molecule has 1 unspecified atom stereocenters. The molecular weight excluding hydrogens is 234 g/mol. The maximum atomic E-state index is 12.2. The van der Waals surface area contributed by atoms with E-state index in [1.807, 2.05) is 25.1 Å². The van der Waals surface area contributed by atoms with Crippen molar-refractivity contribution in [2.24, 2.45) is 0 Å². The summed E-state index contributed by atoms with van der Waals surface area (Å²) in [6, 6.07) is 12.5. The van der Waals surface area contributed by atoms with E-state index in [4.69, 9.17) is 11.6 Å². The fourth-order valence-corrected chi connectivity index (χ4v) is 1.76. The summed E-state index contributed by atoms with van der Waals surface area (Å²) in [4.78, 5) is 16.4. The van der Waals surface area contributed by atoms with Crippen molar-refractivity contribution in [3.63, 3.8) is 0 Å². The highest BCUT2D eigenvalue weighted by atomic mass is 35.5. The van der Waals surface area contributed by atoms with Crippen LogP contribution in [0.3, 0.4) is 0 Å². The van der Waals surface area contributed by atoms with E-state index in [1.165, 1.54) is 0 Å². The number of nitrogens with zero attached hydrogens (tertiary/aromatic N) is 1. The zero-order valence-electron chi connectivity index (χ0n) is 9.43. The van der Waals surface area contributed by atoms with E-state index in [-0.39, 0.29) is 11.7 Å². The lowest BCUT2D eigenvalue weighted by atomic mass is 9.96. The Morgan fingerprint density at radius 3 is 2.47 bits per heavy atom. The van der Waals surface area contributed by atoms with Crippen LogP contribution in [0.2, 0.25) is 5.02 Å². The molecule has 0 N–H and O–H groups in total. The minimum atomic E-state index is -0.239. The molecule has 0 bridgehead atoms. The third-order valence-electron chi connectivity index (χ3n) is 2.65. The Balaban J connectivity index is 2.23. The van der Waals surface area contributed by atoms with Crippen molar-refractivity contribution in [2.75, 3.05) is 0 Å². The molecular formula is C14H12ClNO. The molecule has 0 amide bonds. The van der Waals surface area contributed by atoms with Gasteiger partial charge in [0.15, 0.2) is 5.78 Å². The first-order chi connectivity index (χ1) is 8.18. The average Bonchev–Trinajstić information content (AvgIpc) is 2.39. The number of ketones is 1. The predicted octanol–water partition coefficient (Wildman–Crippen LogP) is 3.72. The summed E-state index contributed by atoms with van der Waals surface area (Å²) in [5.41, 5.74) is 1.44. The van der Waals surface area contributed by atoms with Gasteiger partial charge in [0, 0.05) is 16.8 Å². The Kier molecular flexibility index (Phi) is 3.55. The molecule has 17 heavy (non-hydrogen) atoms. The topological polar surface area (TPSA) is 30.0 Å². The number of benzene rings is 1. The number of rotatable bonds is 3. The van der Waals surface area contributed by atoms with Gasteiger partial charge in [0.25, 0.3) is 0 Å². The SMILES string of the molecule is CC(C(=O)c1ccc(Cl)cc1)c1ccccn1. The van der Waals surface area contributed by atoms with E-state index in [2.05, 4.69) is 4.98 Å². The lowest BCUT2D eigenvalue weighted by Gasteiger charge is -2.09. The summed E-state index contributed by atoms with van der Waals surface area (Å²) in [6.07, 6.45) is 1.70. The maximum absolute atomic E-state index is 12.2. The second-order valence-electron chi connectivity index (χ2n) is 3.85. The third kappa shape index (κ3) is 2.71. The van der Waals surface area contributed by atoms with Gasteiger partial charge in [-0.15, -0.1) is 0 Å². The van der Waals surface area contributed by atoms with Crippen LogP contribution in [-0.2, 0) is 0 Å². The summed E-state index contributed by atoms with van der Waals surface area (Å²) in [6.45, 7) is 1.86. The van der Waals surface area contributed by atoms with Crippen molar-refractivity contribution in [1.82, 2.24) is 4.98 Å². The second kappa shape index (κ2) is 5.11. The highest BCUT2D eigenvalue weighted by Crippen LogP contribution is 2.19. The quantitative estimate of drug-likeness (QED) is 0.772. The highest BCUT2D eigenvalue weighted by molar-refractivity contribution is 6.30. The molecule has 0 radical (unpaired) electrons. The molecule has 0 spiro atoms. The maximum Gasteiger partial charge on any atom is 0.171 e. The van der Waals surface area contributed by atoms with Crippen LogP contribution in [0, 0.1) is 0 Å². The molecule has 3 heteroatoms. The van der Waals surface area contributed by atoms with Crippen molar-refractivity contribution in [3.8, 4) is 0 Å². The normalized spacial score (nSPS) is 12.1. The molecule has 1 aromatic carbocycles. The van der Waals surface area contributed by atoms with Crippen molar-refractivity contribution in [3.05, 3.63) is 64.9 Å². The van der Waals surface area contributed by atoms with Crippen LogP contribution in [-0.4, -0.2) is 10.8 Å². The lowest BCUT2D eigenvalue weighted by molar-refractivity contribution is 0.0964. The van der Waals surface area contributed by atoms with Crippen molar-refractivity contribution < 1.29 is 4.79 Å². The van der Waals surface area contributed by atoms with Gasteiger partial charge in [0.05, 0.1) is 11.6 Å². The third-order valence-corrected chi connectivity index (χ3v) is 2.91. The smallest absolute Gasteiger partial charge is 0.171 e. The van der Waals surface area contributed by atoms with Gasteiger partial charge in [-0.2, -0.15) is 0 Å². The molecule has 2 nitrogen and oxygen atoms in total. The number of pyridine rings is 1. The summed E-state index contributed by atoms with van der Waals surface area (Å²) >= 11 is 5.79. The molecule has 0 saturated heterocycles. The summed E-state index contributed by atoms with van der Waals surface area (Å²) in [5.74, 6) is -0.183. The number of Topliss-reactive ketones (excluding diaryl/α,β-unsaturated/α-hetero) is 1. The molecule has 1 atom stereocenters. The van der Waals surface area contributed by atoms with Crippen molar-refractivity contribution >= 4 is 17.4 Å². The largest absolute Gasteiger partial charge is 0.293 e. The van der Waals surface area contributed by atoms with Crippen LogP contribution in [0.1, 0.15) is 28.9 Å². The van der Waals surface area contributed by atoms with Crippen LogP contribution in [0.4, 0.5) is 0 Å². The van der Waals surface area contributed by atoms with Gasteiger partial charge in [-0.05, 0) is 43.3 Å². The predicted molar refractivity (Wildman–Crippen MR) is 68.4 cm³/mol. The van der Waals surface area contributed by atoms with Crippen LogP contribution in [0.5, 0.6) is 0 Å². The monoisotopic (exact) mass is 245 g/mol. The van der Waals surface area contributed by atoms with Crippen molar-refractivity contribution in [1.29, 1.82) is 0 Å². The standard InChI is InChI=1S/C14H12ClNO/c1-10(13-4-2-3-9-16-13)14(17)11-5-7-12(15)8-6-11/h2-10H,1H3. The molecule has 0 aliphatic heterocycles. The Labute approximate surface area is 105 Å². The average molecular weight is 246 g/mol. The Morgan fingerprint density at radius 1 is 1.18 bits per heavy atom. The van der Waals surface area contributed by atoms with E-state index in [0.717, 1.165) is 5.69 Å². The number of carbonyl (C=O) groups excluding carboxylic acids is 1. The van der Waals surface area contributed by atoms with Gasteiger partial charge < -0.3 is 0 Å². The molecule has 0 aliphatic carbocycles. The van der Waals surface area contributed by atoms with Gasteiger partial charge in [-0.25, -0.2) is 0 Å². The second-order valence-corrected chi connectivity index (χ2v) is 4.28. The lowest BCUT2D eigenvalue weighted by Crippen LogP contribution is -2.10. The molecule has 1 heterocycles. The van der Waals surface area contributed by atoms with E-state index in [0.29, 0.717) is 10.6 Å². The van der Waals surface area contributed by atoms with E-state index in [9.17, 15) is 4.79 Å². The van der Waals surface area contributed by atoms with Gasteiger partial charge >= 0.3 is 0 Å². The molecule has 0 saturated carbocycles. The van der Waals surface area contributed by atoms with Crippen LogP contribution in [0.15, 0.2) is 48.7 Å². The molecule has 0 fully saturated rings. The first kappa shape index (κ1) is 11.8. The molecule has 1 aromatic heterocycles. The van der Waals surface area contributed by atoms with Crippen LogP contribution in [0.25, 0.3) is 0 Å². The highest BCUT2D eigenvalue weighted by Gasteiger charge is 2.17. The fourth-order valence-electron chi connectivity index (χ4n) is 1.63. The molecule has 86 valence electrons. The first-order valence-electron chi connectivity index (χ1n) is 5.39. The number of hydrogen-bond acceptors (Lipinski definition) is 2. The first-order valence-corrected chi connectivity index (χ1v) is 5.77. The fraction of sp³-hybridized carbons (Fsp3) is 0.143. The molecule has 2 rings (SSSR count). The Hall–Kier alpha value is -1.67. The number of aromatic nitrogens is 1. The van der Waals surface area contributed by atoms with Gasteiger partial charge in [-0.3, -0.25) is 9.78 Å². The van der Waals surface area contributed by atoms with E-state index < -0.39 is 0 Å². The molecule has 0 aliphatic rings. The van der Waals surface area contributed by atoms with Crippen LogP contribution >= 0.6 is 11.6 Å². The minimum absolute atomic E-state index is 0.0559. The summed E-state index contributed by atoms with van der Waals surface area (Å²) < 4.78 is 0. The zero-order chi connectivity index (χ0) is 12.3. The zero-order valence-corrected chi connectivity index (χ0v) is 10.2. The Morgan fingerprint density at radius 2 is 1.88 bits per heavy atom. The summed E-state index contributed by atoms with van der Waals surface area (Å²) in [7, 11) is 0. The Bertz CT molecular complexity index is 508. The van der Waals surface area contributed by atoms with Gasteiger partial charge in [0.2, 0.25) is 0 Å². The van der Waals surface area contributed by atoms with Crippen molar-refractivity contribution in [2.45, 2.75) is 12.8 Å². The summed E-state index contributed by atoms with van der Waals surface area (Å²) in [5, 5.41) is 0.632. The van der Waals surface area contributed by atoms with E-state index >= 15 is 0 Å². The number of halogens is 1. The van der Waals surface area contributed by atoms with Gasteiger partial charge in [0.1, 0.15) is 0 Å². The number of carbonyl (C=O) groups is 1. The van der Waals surface area contributed by atoms with Gasteiger partial charge in [-0.1, -0.05) is 17.7 Å².